The van der Waals surface area contributed by atoms with E-state index in [2.05, 4.69) is 26.5 Å². The number of hydrogen-bond acceptors (Lipinski definition) is 4. The predicted molar refractivity (Wildman–Crippen MR) is 131 cm³/mol. The van der Waals surface area contributed by atoms with Gasteiger partial charge in [0.15, 0.2) is 11.5 Å². The lowest BCUT2D eigenvalue weighted by Gasteiger charge is -2.12. The van der Waals surface area contributed by atoms with Gasteiger partial charge in [-0.2, -0.15) is 5.10 Å². The van der Waals surface area contributed by atoms with Crippen molar-refractivity contribution in [3.8, 4) is 11.5 Å². The fraction of sp³-hybridized carbons (Fsp3) is 0.231. The first-order chi connectivity index (χ1) is 15.4. The molecule has 0 aromatic heterocycles. The standard InChI is InChI=1S/C26H27BrN2O3/c1-4-31-25-14-21(9-12-24(25)32-17-20-7-10-23(27)11-8-20)16-28-29-26(30)15-22-13-18(2)5-6-19(22)3/h5-14,16H,4,15,17H2,1-3H3,(H,29,30)/b28-16+. The highest BCUT2D eigenvalue weighted by atomic mass is 79.9. The van der Waals surface area contributed by atoms with Crippen molar-refractivity contribution in [2.24, 2.45) is 5.10 Å². The molecular weight excluding hydrogens is 468 g/mol. The highest BCUT2D eigenvalue weighted by Crippen LogP contribution is 2.29. The summed E-state index contributed by atoms with van der Waals surface area (Å²) >= 11 is 3.43. The van der Waals surface area contributed by atoms with Gasteiger partial charge in [0.05, 0.1) is 19.2 Å². The zero-order chi connectivity index (χ0) is 22.9. The number of hydrogen-bond donors (Lipinski definition) is 1. The highest BCUT2D eigenvalue weighted by molar-refractivity contribution is 9.10. The van der Waals surface area contributed by atoms with Crippen LogP contribution >= 0.6 is 15.9 Å². The van der Waals surface area contributed by atoms with Gasteiger partial charge in [0.2, 0.25) is 5.91 Å². The van der Waals surface area contributed by atoms with E-state index in [0.717, 1.165) is 32.3 Å². The SMILES string of the molecule is CCOc1cc(/C=N/NC(=O)Cc2cc(C)ccc2C)ccc1OCc1ccc(Br)cc1. The summed E-state index contributed by atoms with van der Waals surface area (Å²) in [4.78, 5) is 12.3. The number of amides is 1. The Morgan fingerprint density at radius 1 is 1.00 bits per heavy atom. The number of benzene rings is 3. The summed E-state index contributed by atoms with van der Waals surface area (Å²) in [7, 11) is 0. The molecule has 3 rings (SSSR count). The molecule has 166 valence electrons. The molecule has 3 aromatic rings. The van der Waals surface area contributed by atoms with Crippen LogP contribution < -0.4 is 14.9 Å². The number of nitrogens with one attached hydrogen (secondary N) is 1. The minimum absolute atomic E-state index is 0.158. The molecule has 0 bridgehead atoms. The number of nitrogens with zero attached hydrogens (tertiary/aromatic N) is 1. The third-order valence-corrected chi connectivity index (χ3v) is 5.36. The molecule has 32 heavy (non-hydrogen) atoms. The quantitative estimate of drug-likeness (QED) is 0.305. The van der Waals surface area contributed by atoms with Gasteiger partial charge in [0, 0.05) is 4.47 Å². The highest BCUT2D eigenvalue weighted by Gasteiger charge is 2.08. The van der Waals surface area contributed by atoms with E-state index in [1.165, 1.54) is 0 Å². The molecule has 5 nitrogen and oxygen atoms in total. The average Bonchev–Trinajstić information content (AvgIpc) is 2.77. The van der Waals surface area contributed by atoms with Crippen molar-refractivity contribution in [2.75, 3.05) is 6.61 Å². The Bertz CT molecular complexity index is 1090. The summed E-state index contributed by atoms with van der Waals surface area (Å²) in [6.07, 6.45) is 1.89. The molecule has 0 saturated heterocycles. The largest absolute Gasteiger partial charge is 0.490 e. The molecule has 6 heteroatoms. The van der Waals surface area contributed by atoms with E-state index in [1.54, 1.807) is 6.21 Å². The summed E-state index contributed by atoms with van der Waals surface area (Å²) in [6.45, 7) is 6.89. The molecule has 0 fully saturated rings. The van der Waals surface area contributed by atoms with Crippen LogP contribution in [-0.4, -0.2) is 18.7 Å². The number of hydrazone groups is 1. The van der Waals surface area contributed by atoms with Crippen LogP contribution in [0.25, 0.3) is 0 Å². The molecule has 3 aromatic carbocycles. The minimum atomic E-state index is -0.158. The second-order valence-corrected chi connectivity index (χ2v) is 8.37. The number of rotatable bonds is 9. The van der Waals surface area contributed by atoms with Gasteiger partial charge >= 0.3 is 0 Å². The molecule has 0 spiro atoms. The summed E-state index contributed by atoms with van der Waals surface area (Å²) < 4.78 is 12.7. The van der Waals surface area contributed by atoms with Crippen molar-refractivity contribution in [3.63, 3.8) is 0 Å². The Hall–Kier alpha value is -3.12. The van der Waals surface area contributed by atoms with Gasteiger partial charge in [-0.05, 0) is 73.4 Å². The Morgan fingerprint density at radius 2 is 1.78 bits per heavy atom. The second-order valence-electron chi connectivity index (χ2n) is 7.45. The number of carbonyl (C=O) groups excluding carboxylic acids is 1. The maximum Gasteiger partial charge on any atom is 0.244 e. The molecule has 0 unspecified atom stereocenters. The first-order valence-corrected chi connectivity index (χ1v) is 11.3. The Morgan fingerprint density at radius 3 is 2.53 bits per heavy atom. The molecule has 0 heterocycles. The van der Waals surface area contributed by atoms with Crippen LogP contribution in [0.1, 0.15) is 34.7 Å². The second kappa shape index (κ2) is 11.5. The van der Waals surface area contributed by atoms with Crippen molar-refractivity contribution >= 4 is 28.1 Å². The van der Waals surface area contributed by atoms with Gasteiger partial charge in [-0.25, -0.2) is 5.43 Å². The van der Waals surface area contributed by atoms with Crippen LogP contribution in [0.5, 0.6) is 11.5 Å². The van der Waals surface area contributed by atoms with E-state index in [0.29, 0.717) is 24.7 Å². The van der Waals surface area contributed by atoms with Crippen LogP contribution in [0.3, 0.4) is 0 Å². The van der Waals surface area contributed by atoms with Crippen molar-refractivity contribution < 1.29 is 14.3 Å². The zero-order valence-corrected chi connectivity index (χ0v) is 20.1. The number of ether oxygens (including phenoxy) is 2. The summed E-state index contributed by atoms with van der Waals surface area (Å²) in [5, 5.41) is 4.10. The number of carbonyl (C=O) groups is 1. The summed E-state index contributed by atoms with van der Waals surface area (Å²) in [5.74, 6) is 1.13. The maximum absolute atomic E-state index is 12.3. The van der Waals surface area contributed by atoms with Crippen molar-refractivity contribution in [2.45, 2.75) is 33.8 Å². The molecule has 1 amide bonds. The monoisotopic (exact) mass is 494 g/mol. The molecule has 0 atom stereocenters. The van der Waals surface area contributed by atoms with Gasteiger partial charge in [-0.3, -0.25) is 4.79 Å². The maximum atomic E-state index is 12.3. The van der Waals surface area contributed by atoms with E-state index in [1.807, 2.05) is 81.4 Å². The van der Waals surface area contributed by atoms with Gasteiger partial charge in [-0.1, -0.05) is 51.8 Å². The molecule has 0 radical (unpaired) electrons. The Balaban J connectivity index is 1.61. The van der Waals surface area contributed by atoms with Crippen LogP contribution in [0.4, 0.5) is 0 Å². The van der Waals surface area contributed by atoms with E-state index in [4.69, 9.17) is 9.47 Å². The van der Waals surface area contributed by atoms with Gasteiger partial charge in [0.25, 0.3) is 0 Å². The Kier molecular flexibility index (Phi) is 8.45. The smallest absolute Gasteiger partial charge is 0.244 e. The van der Waals surface area contributed by atoms with Crippen LogP contribution in [0.2, 0.25) is 0 Å². The van der Waals surface area contributed by atoms with E-state index < -0.39 is 0 Å². The minimum Gasteiger partial charge on any atom is -0.490 e. The van der Waals surface area contributed by atoms with Gasteiger partial charge in [-0.15, -0.1) is 0 Å². The molecule has 0 aliphatic heterocycles. The van der Waals surface area contributed by atoms with Crippen LogP contribution in [0.15, 0.2) is 70.2 Å². The molecule has 0 aliphatic carbocycles. The zero-order valence-electron chi connectivity index (χ0n) is 18.5. The third kappa shape index (κ3) is 6.95. The Labute approximate surface area is 197 Å². The summed E-state index contributed by atoms with van der Waals surface area (Å²) in [5.41, 5.74) is 7.69. The molecular formula is C26H27BrN2O3. The lowest BCUT2D eigenvalue weighted by molar-refractivity contribution is -0.120. The topological polar surface area (TPSA) is 59.9 Å². The van der Waals surface area contributed by atoms with Crippen LogP contribution in [0, 0.1) is 13.8 Å². The van der Waals surface area contributed by atoms with E-state index in [9.17, 15) is 4.79 Å². The van der Waals surface area contributed by atoms with Gasteiger partial charge in [0.1, 0.15) is 6.61 Å². The molecule has 0 aliphatic rings. The predicted octanol–water partition coefficient (Wildman–Crippen LogP) is 5.74. The fourth-order valence-corrected chi connectivity index (χ4v) is 3.38. The first kappa shape index (κ1) is 23.5. The number of halogens is 1. The van der Waals surface area contributed by atoms with Crippen molar-refractivity contribution in [3.05, 3.63) is 93.0 Å². The van der Waals surface area contributed by atoms with Crippen molar-refractivity contribution in [1.82, 2.24) is 5.43 Å². The van der Waals surface area contributed by atoms with Gasteiger partial charge < -0.3 is 9.47 Å². The molecule has 0 saturated carbocycles. The molecule has 1 N–H and O–H groups in total. The van der Waals surface area contributed by atoms with E-state index in [-0.39, 0.29) is 12.3 Å². The lowest BCUT2D eigenvalue weighted by Crippen LogP contribution is -2.20. The lowest BCUT2D eigenvalue weighted by atomic mass is 10.0. The fourth-order valence-electron chi connectivity index (χ4n) is 3.12. The van der Waals surface area contributed by atoms with Crippen molar-refractivity contribution in [1.29, 1.82) is 0 Å². The van der Waals surface area contributed by atoms with Crippen LogP contribution in [-0.2, 0) is 17.8 Å². The first-order valence-electron chi connectivity index (χ1n) is 10.5. The summed E-state index contributed by atoms with van der Waals surface area (Å²) in [6, 6.07) is 19.6. The third-order valence-electron chi connectivity index (χ3n) is 4.83. The average molecular weight is 495 g/mol. The number of aryl methyl sites for hydroxylation is 2. The van der Waals surface area contributed by atoms with E-state index >= 15 is 0 Å². The normalized spacial score (nSPS) is 10.9.